The molecular formula is C23H23N3O3. The second-order valence-electron chi connectivity index (χ2n) is 6.94. The Morgan fingerprint density at radius 1 is 0.966 bits per heavy atom. The van der Waals surface area contributed by atoms with Crippen LogP contribution in [-0.4, -0.2) is 31.5 Å². The summed E-state index contributed by atoms with van der Waals surface area (Å²) >= 11 is 0. The highest BCUT2D eigenvalue weighted by Gasteiger charge is 2.20. The predicted octanol–water partition coefficient (Wildman–Crippen LogP) is 4.22. The summed E-state index contributed by atoms with van der Waals surface area (Å²) in [6.45, 7) is 0.377. The molecule has 0 spiro atoms. The summed E-state index contributed by atoms with van der Waals surface area (Å²) in [5.41, 5.74) is 2.98. The minimum atomic E-state index is -0.493. The van der Waals surface area contributed by atoms with Gasteiger partial charge in [-0.2, -0.15) is 0 Å². The fourth-order valence-corrected chi connectivity index (χ4v) is 3.30. The number of nitro benzene ring substituents is 1. The maximum absolute atomic E-state index is 13.0. The van der Waals surface area contributed by atoms with Gasteiger partial charge in [0.15, 0.2) is 0 Å². The zero-order valence-electron chi connectivity index (χ0n) is 16.4. The van der Waals surface area contributed by atoms with Gasteiger partial charge in [-0.25, -0.2) is 0 Å². The van der Waals surface area contributed by atoms with Gasteiger partial charge in [-0.05, 0) is 17.2 Å². The molecule has 0 radical (unpaired) electrons. The smallest absolute Gasteiger partial charge is 0.270 e. The Morgan fingerprint density at radius 3 is 2.00 bits per heavy atom. The molecule has 0 aliphatic rings. The number of carbonyl (C=O) groups is 1. The van der Waals surface area contributed by atoms with Crippen molar-refractivity contribution in [2.75, 3.05) is 25.5 Å². The monoisotopic (exact) mass is 389 g/mol. The van der Waals surface area contributed by atoms with Crippen molar-refractivity contribution in [1.29, 1.82) is 0 Å². The first-order valence-electron chi connectivity index (χ1n) is 9.31. The molecule has 0 aromatic heterocycles. The number of benzene rings is 3. The molecule has 0 aliphatic carbocycles. The molecule has 3 aromatic carbocycles. The molecule has 3 aromatic rings. The molecule has 0 unspecified atom stereocenters. The van der Waals surface area contributed by atoms with Gasteiger partial charge in [-0.1, -0.05) is 60.7 Å². The van der Waals surface area contributed by atoms with Crippen LogP contribution in [0.15, 0.2) is 78.9 Å². The third-order valence-corrected chi connectivity index (χ3v) is 4.79. The number of nitrogens with zero attached hydrogens (tertiary/aromatic N) is 2. The van der Waals surface area contributed by atoms with Crippen molar-refractivity contribution in [2.45, 2.75) is 5.92 Å². The molecule has 29 heavy (non-hydrogen) atoms. The summed E-state index contributed by atoms with van der Waals surface area (Å²) in [6.07, 6.45) is 0. The molecule has 1 amide bonds. The molecule has 0 heterocycles. The molecular weight excluding hydrogens is 366 g/mol. The Hall–Kier alpha value is -3.67. The third-order valence-electron chi connectivity index (χ3n) is 4.79. The van der Waals surface area contributed by atoms with Gasteiger partial charge in [0, 0.05) is 44.4 Å². The number of carbonyl (C=O) groups excluding carboxylic acids is 1. The van der Waals surface area contributed by atoms with Crippen molar-refractivity contribution in [3.8, 4) is 0 Å². The van der Waals surface area contributed by atoms with Gasteiger partial charge in [0.1, 0.15) is 0 Å². The topological polar surface area (TPSA) is 75.5 Å². The quantitative estimate of drug-likeness (QED) is 0.485. The molecule has 0 atom stereocenters. The number of hydrogen-bond acceptors (Lipinski definition) is 4. The number of nitro groups is 1. The number of hydrogen-bond donors (Lipinski definition) is 1. The summed E-state index contributed by atoms with van der Waals surface area (Å²) in [4.78, 5) is 25.4. The van der Waals surface area contributed by atoms with Crippen LogP contribution < -0.4 is 10.2 Å². The standard InChI is InChI=1S/C23H23N3O3/c1-25(2)22-14-13-19(26(28)29)15-20(22)23(27)24-16-21(17-9-5-3-6-10-17)18-11-7-4-8-12-18/h3-15,21H,16H2,1-2H3,(H,24,27). The van der Waals surface area contributed by atoms with Gasteiger partial charge >= 0.3 is 0 Å². The molecule has 0 saturated heterocycles. The second kappa shape index (κ2) is 9.01. The Balaban J connectivity index is 1.88. The van der Waals surface area contributed by atoms with Crippen LogP contribution in [-0.2, 0) is 0 Å². The van der Waals surface area contributed by atoms with E-state index in [9.17, 15) is 14.9 Å². The second-order valence-corrected chi connectivity index (χ2v) is 6.94. The van der Waals surface area contributed by atoms with Crippen LogP contribution in [0.1, 0.15) is 27.4 Å². The van der Waals surface area contributed by atoms with Crippen LogP contribution in [0.4, 0.5) is 11.4 Å². The normalized spacial score (nSPS) is 10.6. The zero-order chi connectivity index (χ0) is 20.8. The van der Waals surface area contributed by atoms with E-state index >= 15 is 0 Å². The number of amides is 1. The van der Waals surface area contributed by atoms with Crippen LogP contribution >= 0.6 is 0 Å². The van der Waals surface area contributed by atoms with Gasteiger partial charge in [0.05, 0.1) is 10.5 Å². The van der Waals surface area contributed by atoms with Crippen LogP contribution in [0.2, 0.25) is 0 Å². The lowest BCUT2D eigenvalue weighted by molar-refractivity contribution is -0.384. The highest BCUT2D eigenvalue weighted by Crippen LogP contribution is 2.26. The SMILES string of the molecule is CN(C)c1ccc([N+](=O)[O-])cc1C(=O)NCC(c1ccccc1)c1ccccc1. The van der Waals surface area contributed by atoms with E-state index < -0.39 is 4.92 Å². The van der Waals surface area contributed by atoms with Crippen LogP contribution in [0.5, 0.6) is 0 Å². The lowest BCUT2D eigenvalue weighted by atomic mass is 9.91. The lowest BCUT2D eigenvalue weighted by Gasteiger charge is -2.21. The first kappa shape index (κ1) is 20.1. The maximum Gasteiger partial charge on any atom is 0.270 e. The maximum atomic E-state index is 13.0. The molecule has 6 nitrogen and oxygen atoms in total. The average Bonchev–Trinajstić information content (AvgIpc) is 2.74. The van der Waals surface area contributed by atoms with Crippen molar-refractivity contribution in [2.24, 2.45) is 0 Å². The van der Waals surface area contributed by atoms with Crippen molar-refractivity contribution < 1.29 is 9.72 Å². The summed E-state index contributed by atoms with van der Waals surface area (Å²) < 4.78 is 0. The number of rotatable bonds is 7. The molecule has 3 rings (SSSR count). The average molecular weight is 389 g/mol. The first-order valence-corrected chi connectivity index (χ1v) is 9.31. The van der Waals surface area contributed by atoms with Gasteiger partial charge in [0.25, 0.3) is 11.6 Å². The van der Waals surface area contributed by atoms with E-state index in [1.165, 1.54) is 12.1 Å². The number of anilines is 1. The van der Waals surface area contributed by atoms with Crippen LogP contribution in [0, 0.1) is 10.1 Å². The molecule has 148 valence electrons. The van der Waals surface area contributed by atoms with Crippen molar-refractivity contribution in [1.82, 2.24) is 5.32 Å². The van der Waals surface area contributed by atoms with Crippen LogP contribution in [0.25, 0.3) is 0 Å². The Kier molecular flexibility index (Phi) is 6.24. The van der Waals surface area contributed by atoms with Crippen molar-refractivity contribution >= 4 is 17.3 Å². The highest BCUT2D eigenvalue weighted by molar-refractivity contribution is 6.00. The summed E-state index contributed by atoms with van der Waals surface area (Å²) in [6, 6.07) is 24.2. The Labute approximate surface area is 169 Å². The number of nitrogens with one attached hydrogen (secondary N) is 1. The fourth-order valence-electron chi connectivity index (χ4n) is 3.30. The largest absolute Gasteiger partial charge is 0.377 e. The minimum Gasteiger partial charge on any atom is -0.377 e. The first-order chi connectivity index (χ1) is 14.0. The highest BCUT2D eigenvalue weighted by atomic mass is 16.6. The lowest BCUT2D eigenvalue weighted by Crippen LogP contribution is -2.30. The Bertz CT molecular complexity index is 949. The van der Waals surface area contributed by atoms with E-state index in [4.69, 9.17) is 0 Å². The van der Waals surface area contributed by atoms with E-state index in [2.05, 4.69) is 5.32 Å². The van der Waals surface area contributed by atoms with E-state index in [1.54, 1.807) is 25.1 Å². The number of non-ortho nitro benzene ring substituents is 1. The van der Waals surface area contributed by atoms with E-state index in [0.29, 0.717) is 12.2 Å². The van der Waals surface area contributed by atoms with Crippen molar-refractivity contribution in [3.63, 3.8) is 0 Å². The molecule has 0 bridgehead atoms. The predicted molar refractivity (Wildman–Crippen MR) is 114 cm³/mol. The molecule has 0 fully saturated rings. The van der Waals surface area contributed by atoms with Gasteiger partial charge in [0.2, 0.25) is 0 Å². The molecule has 0 aliphatic heterocycles. The van der Waals surface area contributed by atoms with E-state index in [-0.39, 0.29) is 23.1 Å². The van der Waals surface area contributed by atoms with E-state index in [0.717, 1.165) is 11.1 Å². The summed E-state index contributed by atoms with van der Waals surface area (Å²) in [5.74, 6) is -0.364. The van der Waals surface area contributed by atoms with Crippen molar-refractivity contribution in [3.05, 3.63) is 106 Å². The molecule has 1 N–H and O–H groups in total. The van der Waals surface area contributed by atoms with Gasteiger partial charge in [-0.15, -0.1) is 0 Å². The van der Waals surface area contributed by atoms with Gasteiger partial charge in [-0.3, -0.25) is 14.9 Å². The van der Waals surface area contributed by atoms with Gasteiger partial charge < -0.3 is 10.2 Å². The third kappa shape index (κ3) is 4.79. The van der Waals surface area contributed by atoms with E-state index in [1.807, 2.05) is 60.7 Å². The summed E-state index contributed by atoms with van der Waals surface area (Å²) in [7, 11) is 3.60. The zero-order valence-corrected chi connectivity index (χ0v) is 16.4. The summed E-state index contributed by atoms with van der Waals surface area (Å²) in [5, 5.41) is 14.1. The fraction of sp³-hybridized carbons (Fsp3) is 0.174. The minimum absolute atomic E-state index is 0.0251. The molecule has 6 heteroatoms. The Morgan fingerprint density at radius 2 is 1.52 bits per heavy atom. The van der Waals surface area contributed by atoms with Crippen LogP contribution in [0.3, 0.4) is 0 Å². The molecule has 0 saturated carbocycles.